The Morgan fingerprint density at radius 1 is 1.17 bits per heavy atom. The van der Waals surface area contributed by atoms with Crippen LogP contribution in [0.1, 0.15) is 24.2 Å². The fraction of sp³-hybridized carbons (Fsp3) is 0.235. The van der Waals surface area contributed by atoms with Crippen LogP contribution in [0, 0.1) is 0 Å². The maximum Gasteiger partial charge on any atom is 0.339 e. The van der Waals surface area contributed by atoms with Crippen LogP contribution in [0.4, 0.5) is 17.1 Å². The van der Waals surface area contributed by atoms with Crippen molar-refractivity contribution in [3.05, 3.63) is 42.2 Å². The number of nitrogens with zero attached hydrogens (tertiary/aromatic N) is 3. The zero-order valence-electron chi connectivity index (χ0n) is 13.6. The Labute approximate surface area is 139 Å². The summed E-state index contributed by atoms with van der Waals surface area (Å²) in [5.74, 6) is -1.03. The standard InChI is InChI=1S/C17H19N5O2/c1-3-18-11-5-7-12(8-6-11)21-15-13-10-20-22(4-2)16(13)19-9-14(15)17(23)24/h5-10,18H,3-4H2,1-2H3,(H,19,21)(H,23,24). The number of nitrogens with one attached hydrogen (secondary N) is 2. The van der Waals surface area contributed by atoms with E-state index in [1.807, 2.05) is 38.1 Å². The summed E-state index contributed by atoms with van der Waals surface area (Å²) in [6.07, 6.45) is 3.02. The van der Waals surface area contributed by atoms with Crippen LogP contribution in [0.15, 0.2) is 36.7 Å². The first-order valence-electron chi connectivity index (χ1n) is 7.82. The topological polar surface area (TPSA) is 92.1 Å². The van der Waals surface area contributed by atoms with E-state index in [2.05, 4.69) is 20.7 Å². The summed E-state index contributed by atoms with van der Waals surface area (Å²) in [7, 11) is 0. The summed E-state index contributed by atoms with van der Waals surface area (Å²) < 4.78 is 1.74. The predicted octanol–water partition coefficient (Wildman–Crippen LogP) is 3.32. The van der Waals surface area contributed by atoms with Gasteiger partial charge in [-0.25, -0.2) is 14.5 Å². The third-order valence-corrected chi connectivity index (χ3v) is 3.73. The molecular formula is C17H19N5O2. The SMILES string of the molecule is CCNc1ccc(Nc2c(C(=O)O)cnc3c2cnn3CC)cc1. The molecule has 0 fully saturated rings. The first kappa shape index (κ1) is 15.8. The highest BCUT2D eigenvalue weighted by molar-refractivity contribution is 6.04. The first-order chi connectivity index (χ1) is 11.6. The Balaban J connectivity index is 2.04. The second-order valence-corrected chi connectivity index (χ2v) is 5.28. The maximum atomic E-state index is 11.6. The van der Waals surface area contributed by atoms with Gasteiger partial charge in [-0.2, -0.15) is 5.10 Å². The molecule has 3 N–H and O–H groups in total. The number of anilines is 3. The van der Waals surface area contributed by atoms with Crippen molar-refractivity contribution in [3.8, 4) is 0 Å². The number of benzene rings is 1. The average molecular weight is 325 g/mol. The highest BCUT2D eigenvalue weighted by atomic mass is 16.4. The Morgan fingerprint density at radius 3 is 2.50 bits per heavy atom. The second kappa shape index (κ2) is 6.57. The third-order valence-electron chi connectivity index (χ3n) is 3.73. The van der Waals surface area contributed by atoms with Crippen LogP contribution in [-0.4, -0.2) is 32.4 Å². The largest absolute Gasteiger partial charge is 0.478 e. The lowest BCUT2D eigenvalue weighted by atomic mass is 10.1. The zero-order chi connectivity index (χ0) is 17.1. The summed E-state index contributed by atoms with van der Waals surface area (Å²) in [5.41, 5.74) is 3.10. The minimum atomic E-state index is -1.03. The van der Waals surface area contributed by atoms with Gasteiger partial charge in [-0.05, 0) is 38.1 Å². The van der Waals surface area contributed by atoms with Gasteiger partial charge >= 0.3 is 5.97 Å². The van der Waals surface area contributed by atoms with Gasteiger partial charge in [-0.1, -0.05) is 0 Å². The third kappa shape index (κ3) is 2.88. The van der Waals surface area contributed by atoms with E-state index in [-0.39, 0.29) is 5.56 Å². The molecule has 0 bridgehead atoms. The number of aromatic carboxylic acids is 1. The Bertz CT molecular complexity index is 871. The molecule has 24 heavy (non-hydrogen) atoms. The van der Waals surface area contributed by atoms with E-state index in [1.165, 1.54) is 6.20 Å². The summed E-state index contributed by atoms with van der Waals surface area (Å²) in [4.78, 5) is 15.8. The van der Waals surface area contributed by atoms with Gasteiger partial charge in [-0.15, -0.1) is 0 Å². The van der Waals surface area contributed by atoms with Gasteiger partial charge < -0.3 is 15.7 Å². The number of hydrogen-bond donors (Lipinski definition) is 3. The van der Waals surface area contributed by atoms with Crippen molar-refractivity contribution in [1.29, 1.82) is 0 Å². The minimum Gasteiger partial charge on any atom is -0.478 e. The molecule has 0 aliphatic heterocycles. The van der Waals surface area contributed by atoms with Crippen LogP contribution in [0.2, 0.25) is 0 Å². The number of carboxylic acid groups (broad SMARTS) is 1. The van der Waals surface area contributed by atoms with E-state index in [1.54, 1.807) is 10.9 Å². The van der Waals surface area contributed by atoms with Crippen LogP contribution in [-0.2, 0) is 6.54 Å². The van der Waals surface area contributed by atoms with Crippen molar-refractivity contribution in [2.45, 2.75) is 20.4 Å². The molecule has 0 radical (unpaired) electrons. The summed E-state index contributed by atoms with van der Waals surface area (Å²) in [6.45, 7) is 5.51. The Kier molecular flexibility index (Phi) is 4.33. The molecule has 2 aromatic heterocycles. The van der Waals surface area contributed by atoms with Crippen LogP contribution in [0.3, 0.4) is 0 Å². The van der Waals surface area contributed by atoms with Gasteiger partial charge in [0.15, 0.2) is 5.65 Å². The number of pyridine rings is 1. The molecule has 1 aromatic carbocycles. The summed E-state index contributed by atoms with van der Waals surface area (Å²) in [6, 6.07) is 7.69. The highest BCUT2D eigenvalue weighted by Gasteiger charge is 2.17. The summed E-state index contributed by atoms with van der Waals surface area (Å²) >= 11 is 0. The number of carboxylic acids is 1. The molecule has 0 saturated heterocycles. The molecule has 0 saturated carbocycles. The molecule has 7 nitrogen and oxygen atoms in total. The molecule has 2 heterocycles. The van der Waals surface area contributed by atoms with E-state index in [0.717, 1.165) is 17.9 Å². The molecule has 3 aromatic rings. The number of aromatic nitrogens is 3. The fourth-order valence-corrected chi connectivity index (χ4v) is 2.57. The normalized spacial score (nSPS) is 10.8. The number of carbonyl (C=O) groups is 1. The number of aryl methyl sites for hydroxylation is 1. The van der Waals surface area contributed by atoms with Crippen molar-refractivity contribution in [1.82, 2.24) is 14.8 Å². The maximum absolute atomic E-state index is 11.6. The van der Waals surface area contributed by atoms with Crippen molar-refractivity contribution in [2.75, 3.05) is 17.2 Å². The quantitative estimate of drug-likeness (QED) is 0.644. The van der Waals surface area contributed by atoms with E-state index < -0.39 is 5.97 Å². The molecule has 0 amide bonds. The predicted molar refractivity (Wildman–Crippen MR) is 94.0 cm³/mol. The van der Waals surface area contributed by atoms with E-state index in [9.17, 15) is 9.90 Å². The van der Waals surface area contributed by atoms with Gasteiger partial charge in [0.25, 0.3) is 0 Å². The molecule has 0 spiro atoms. The average Bonchev–Trinajstić information content (AvgIpc) is 3.00. The van der Waals surface area contributed by atoms with Crippen molar-refractivity contribution in [2.24, 2.45) is 0 Å². The zero-order valence-corrected chi connectivity index (χ0v) is 13.6. The van der Waals surface area contributed by atoms with Crippen LogP contribution >= 0.6 is 0 Å². The van der Waals surface area contributed by atoms with Gasteiger partial charge in [0.2, 0.25) is 0 Å². The van der Waals surface area contributed by atoms with Crippen LogP contribution in [0.25, 0.3) is 11.0 Å². The number of hydrogen-bond acceptors (Lipinski definition) is 5. The van der Waals surface area contributed by atoms with Crippen molar-refractivity contribution >= 4 is 34.1 Å². The molecular weight excluding hydrogens is 306 g/mol. The van der Waals surface area contributed by atoms with Gasteiger partial charge in [0.1, 0.15) is 5.56 Å². The highest BCUT2D eigenvalue weighted by Crippen LogP contribution is 2.29. The molecule has 124 valence electrons. The summed E-state index contributed by atoms with van der Waals surface area (Å²) in [5, 5.41) is 20.8. The van der Waals surface area contributed by atoms with Crippen molar-refractivity contribution < 1.29 is 9.90 Å². The molecule has 0 unspecified atom stereocenters. The molecule has 0 aliphatic carbocycles. The van der Waals surface area contributed by atoms with Gasteiger partial charge in [0, 0.05) is 30.7 Å². The Morgan fingerprint density at radius 2 is 1.88 bits per heavy atom. The second-order valence-electron chi connectivity index (χ2n) is 5.28. The number of fused-ring (bicyclic) bond motifs is 1. The smallest absolute Gasteiger partial charge is 0.339 e. The number of rotatable bonds is 6. The Hall–Kier alpha value is -3.09. The lowest BCUT2D eigenvalue weighted by Crippen LogP contribution is -2.05. The van der Waals surface area contributed by atoms with Gasteiger partial charge in [0.05, 0.1) is 17.3 Å². The monoisotopic (exact) mass is 325 g/mol. The minimum absolute atomic E-state index is 0.119. The lowest BCUT2D eigenvalue weighted by molar-refractivity contribution is 0.0697. The molecule has 0 atom stereocenters. The van der Waals surface area contributed by atoms with Crippen LogP contribution < -0.4 is 10.6 Å². The van der Waals surface area contributed by atoms with E-state index in [4.69, 9.17) is 0 Å². The molecule has 0 aliphatic rings. The molecule has 3 rings (SSSR count). The van der Waals surface area contributed by atoms with E-state index in [0.29, 0.717) is 23.3 Å². The van der Waals surface area contributed by atoms with Crippen LogP contribution in [0.5, 0.6) is 0 Å². The first-order valence-corrected chi connectivity index (χ1v) is 7.82. The fourth-order valence-electron chi connectivity index (χ4n) is 2.57. The van der Waals surface area contributed by atoms with Gasteiger partial charge in [-0.3, -0.25) is 0 Å². The molecule has 7 heteroatoms. The van der Waals surface area contributed by atoms with Crippen molar-refractivity contribution in [3.63, 3.8) is 0 Å². The lowest BCUT2D eigenvalue weighted by Gasteiger charge is -2.12. The van der Waals surface area contributed by atoms with E-state index >= 15 is 0 Å².